The number of amides is 4. The van der Waals surface area contributed by atoms with Crippen molar-refractivity contribution in [3.63, 3.8) is 0 Å². The van der Waals surface area contributed by atoms with Gasteiger partial charge in [-0.3, -0.25) is 9.69 Å². The summed E-state index contributed by atoms with van der Waals surface area (Å²) in [6.07, 6.45) is 7.14. The fourth-order valence-electron chi connectivity index (χ4n) is 5.03. The molecular weight excluding hydrogens is 518 g/mol. The molecule has 0 unspecified atom stereocenters. The number of hydrogen-bond acceptors (Lipinski definition) is 4. The van der Waals surface area contributed by atoms with Gasteiger partial charge < -0.3 is 21.1 Å². The summed E-state index contributed by atoms with van der Waals surface area (Å²) in [5.41, 5.74) is 8.16. The third-order valence-corrected chi connectivity index (χ3v) is 7.27. The Hall–Kier alpha value is -4.40. The van der Waals surface area contributed by atoms with Crippen molar-refractivity contribution < 1.29 is 19.5 Å². The molecule has 0 bridgehead atoms. The number of hydrogen-bond donors (Lipinski definition) is 3. The van der Waals surface area contributed by atoms with Crippen molar-refractivity contribution in [1.29, 1.82) is 0 Å². The van der Waals surface area contributed by atoms with Gasteiger partial charge in [-0.15, -0.1) is 0 Å². The van der Waals surface area contributed by atoms with Crippen LogP contribution >= 0.6 is 0 Å². The quantitative estimate of drug-likeness (QED) is 0.293. The molecule has 218 valence electrons. The molecule has 41 heavy (non-hydrogen) atoms. The Bertz CT molecular complexity index is 1230. The van der Waals surface area contributed by atoms with Crippen LogP contribution in [0.5, 0.6) is 0 Å². The number of carbonyl (C=O) groups is 3. The lowest BCUT2D eigenvalue weighted by atomic mass is 9.84. The van der Waals surface area contributed by atoms with Crippen molar-refractivity contribution in [3.05, 3.63) is 95.7 Å². The zero-order valence-corrected chi connectivity index (χ0v) is 23.9. The topological polar surface area (TPSA) is 129 Å². The highest BCUT2D eigenvalue weighted by molar-refractivity contribution is 5.91. The normalized spacial score (nSPS) is 13.7. The predicted octanol–water partition coefficient (Wildman–Crippen LogP) is 6.08. The highest BCUT2D eigenvalue weighted by Gasteiger charge is 2.22. The lowest BCUT2D eigenvalue weighted by Gasteiger charge is -2.29. The van der Waals surface area contributed by atoms with Crippen molar-refractivity contribution in [1.82, 2.24) is 15.2 Å². The molecular formula is C32H41N5O4. The van der Waals surface area contributed by atoms with Crippen molar-refractivity contribution in [2.45, 2.75) is 64.5 Å². The Morgan fingerprint density at radius 1 is 0.927 bits per heavy atom. The average Bonchev–Trinajstić information content (AvgIpc) is 3.01. The van der Waals surface area contributed by atoms with E-state index < -0.39 is 18.0 Å². The van der Waals surface area contributed by atoms with Crippen LogP contribution in [0.25, 0.3) is 0 Å². The summed E-state index contributed by atoms with van der Waals surface area (Å²) < 4.78 is 0. The van der Waals surface area contributed by atoms with Gasteiger partial charge in [-0.05, 0) is 61.4 Å². The molecule has 1 aliphatic carbocycles. The van der Waals surface area contributed by atoms with Crippen LogP contribution in [0.2, 0.25) is 0 Å². The number of carbonyl (C=O) groups excluding carboxylic acids is 2. The average molecular weight is 560 g/mol. The van der Waals surface area contributed by atoms with Crippen LogP contribution < -0.4 is 16.0 Å². The van der Waals surface area contributed by atoms with Gasteiger partial charge in [-0.25, -0.2) is 14.6 Å². The largest absolute Gasteiger partial charge is 0.465 e. The second kappa shape index (κ2) is 16.0. The first-order chi connectivity index (χ1) is 19.8. The number of nitrogens with one attached hydrogen (secondary N) is 1. The Morgan fingerprint density at radius 2 is 1.56 bits per heavy atom. The second-order valence-corrected chi connectivity index (χ2v) is 10.0. The molecule has 3 aromatic rings. The van der Waals surface area contributed by atoms with Gasteiger partial charge in [0.25, 0.3) is 0 Å². The van der Waals surface area contributed by atoms with Crippen LogP contribution in [-0.4, -0.2) is 46.1 Å². The summed E-state index contributed by atoms with van der Waals surface area (Å²) in [6.45, 7) is 5.95. The molecule has 9 heteroatoms. The van der Waals surface area contributed by atoms with E-state index in [2.05, 4.69) is 29.2 Å². The minimum absolute atomic E-state index is 0.00931. The molecule has 9 nitrogen and oxygen atoms in total. The fraction of sp³-hybridized carbons (Fsp3) is 0.375. The maximum Gasteiger partial charge on any atom is 0.405 e. The van der Waals surface area contributed by atoms with Crippen LogP contribution in [0, 0.1) is 0 Å². The maximum atomic E-state index is 13.0. The van der Waals surface area contributed by atoms with Crippen molar-refractivity contribution >= 4 is 23.8 Å². The lowest BCUT2D eigenvalue weighted by Crippen LogP contribution is -2.43. The zero-order valence-electron chi connectivity index (χ0n) is 23.9. The van der Waals surface area contributed by atoms with Gasteiger partial charge in [0.1, 0.15) is 11.9 Å². The Morgan fingerprint density at radius 3 is 2.10 bits per heavy atom. The molecule has 0 spiro atoms. The summed E-state index contributed by atoms with van der Waals surface area (Å²) in [7, 11) is 0. The molecule has 0 saturated heterocycles. The summed E-state index contributed by atoms with van der Waals surface area (Å²) in [5, 5.41) is 10.5. The van der Waals surface area contributed by atoms with Gasteiger partial charge in [-0.1, -0.05) is 79.9 Å². The number of anilines is 1. The number of primary amides is 1. The minimum atomic E-state index is -1.28. The first-order valence-electron chi connectivity index (χ1n) is 14.2. The Balaban J connectivity index is 0.000000278. The number of carboxylic acid groups (broad SMARTS) is 1. The summed E-state index contributed by atoms with van der Waals surface area (Å²) in [6, 6.07) is 22.0. The van der Waals surface area contributed by atoms with E-state index in [9.17, 15) is 14.4 Å². The molecule has 4 rings (SSSR count). The van der Waals surface area contributed by atoms with Gasteiger partial charge in [0.05, 0.1) is 6.54 Å². The molecule has 1 fully saturated rings. The molecule has 4 amide bonds. The van der Waals surface area contributed by atoms with Crippen LogP contribution in [0.3, 0.4) is 0 Å². The smallest absolute Gasteiger partial charge is 0.405 e. The monoisotopic (exact) mass is 559 g/mol. The first kappa shape index (κ1) is 31.1. The van der Waals surface area contributed by atoms with Gasteiger partial charge in [0.2, 0.25) is 5.91 Å². The Kier molecular flexibility index (Phi) is 12.2. The standard InChI is InChI=1S/C23H31N3O.C9H10N2O3/c1-3-25(4-2)23(27)26(22-12-8-9-17-24-22)18-19-13-15-21(16-14-19)20-10-6-5-7-11-20;10-8(12)7(11-9(13)14)6-4-2-1-3-5-6/h8-9,12-17,20H,3-7,10-11,18H2,1-2H3;1-5,7,11H,(H2,10,12)(H,13,14)/t;7-/m.0/s1. The van der Waals surface area contributed by atoms with Gasteiger partial charge in [-0.2, -0.15) is 0 Å². The molecule has 1 atom stereocenters. The lowest BCUT2D eigenvalue weighted by molar-refractivity contribution is -0.120. The second-order valence-electron chi connectivity index (χ2n) is 10.0. The van der Waals surface area contributed by atoms with Crippen molar-refractivity contribution in [2.24, 2.45) is 5.73 Å². The summed E-state index contributed by atoms with van der Waals surface area (Å²) in [4.78, 5) is 42.4. The first-order valence-corrected chi connectivity index (χ1v) is 14.2. The summed E-state index contributed by atoms with van der Waals surface area (Å²) >= 11 is 0. The third-order valence-electron chi connectivity index (χ3n) is 7.27. The van der Waals surface area contributed by atoms with Crippen molar-refractivity contribution in [3.8, 4) is 0 Å². The third kappa shape index (κ3) is 9.34. The number of pyridine rings is 1. The molecule has 2 aromatic carbocycles. The number of rotatable bonds is 9. The summed E-state index contributed by atoms with van der Waals surface area (Å²) in [5.74, 6) is 0.682. The number of urea groups is 1. The SMILES string of the molecule is CCN(CC)C(=O)N(Cc1ccc(C2CCCCC2)cc1)c1ccccn1.NC(=O)[C@@H](NC(=O)O)c1ccccc1. The van der Waals surface area contributed by atoms with E-state index >= 15 is 0 Å². The highest BCUT2D eigenvalue weighted by Crippen LogP contribution is 2.32. The van der Waals surface area contributed by atoms with Crippen LogP contribution in [0.4, 0.5) is 15.4 Å². The predicted molar refractivity (Wildman–Crippen MR) is 161 cm³/mol. The Labute approximate surface area is 242 Å². The maximum absolute atomic E-state index is 13.0. The van der Waals surface area contributed by atoms with Crippen molar-refractivity contribution in [2.75, 3.05) is 18.0 Å². The molecule has 0 radical (unpaired) electrons. The molecule has 1 heterocycles. The zero-order chi connectivity index (χ0) is 29.6. The van der Waals surface area contributed by atoms with E-state index in [0.717, 1.165) is 5.56 Å². The molecule has 1 aromatic heterocycles. The minimum Gasteiger partial charge on any atom is -0.465 e. The fourth-order valence-corrected chi connectivity index (χ4v) is 5.03. The van der Waals surface area contributed by atoms with Gasteiger partial charge >= 0.3 is 12.1 Å². The number of nitrogens with zero attached hydrogens (tertiary/aromatic N) is 3. The molecule has 1 aliphatic rings. The number of aromatic nitrogens is 1. The van der Waals surface area contributed by atoms with E-state index in [4.69, 9.17) is 10.8 Å². The van der Waals surface area contributed by atoms with E-state index in [1.807, 2.05) is 42.3 Å². The van der Waals surface area contributed by atoms with Gasteiger partial charge in [0, 0.05) is 19.3 Å². The molecule has 0 aliphatic heterocycles. The van der Waals surface area contributed by atoms with E-state index in [0.29, 0.717) is 36.9 Å². The van der Waals surface area contributed by atoms with Crippen LogP contribution in [0.1, 0.15) is 74.6 Å². The molecule has 1 saturated carbocycles. The number of benzene rings is 2. The van der Waals surface area contributed by atoms with E-state index in [1.54, 1.807) is 41.4 Å². The van der Waals surface area contributed by atoms with E-state index in [-0.39, 0.29) is 6.03 Å². The van der Waals surface area contributed by atoms with Crippen LogP contribution in [0.15, 0.2) is 79.0 Å². The van der Waals surface area contributed by atoms with E-state index in [1.165, 1.54) is 37.7 Å². The highest BCUT2D eigenvalue weighted by atomic mass is 16.4. The molecule has 4 N–H and O–H groups in total. The van der Waals surface area contributed by atoms with Crippen LogP contribution in [-0.2, 0) is 11.3 Å². The number of nitrogens with two attached hydrogens (primary N) is 1. The van der Waals surface area contributed by atoms with Gasteiger partial charge in [0.15, 0.2) is 0 Å².